The van der Waals surface area contributed by atoms with Crippen molar-refractivity contribution in [3.05, 3.63) is 0 Å². The van der Waals surface area contributed by atoms with Crippen LogP contribution in [0.25, 0.3) is 0 Å². The van der Waals surface area contributed by atoms with Gasteiger partial charge in [0.15, 0.2) is 0 Å². The fourth-order valence-corrected chi connectivity index (χ4v) is 3.91. The van der Waals surface area contributed by atoms with E-state index in [1.165, 1.54) is 32.1 Å². The Balaban J connectivity index is 1.88. The zero-order chi connectivity index (χ0) is 9.97. The zero-order valence-corrected chi connectivity index (χ0v) is 9.97. The lowest BCUT2D eigenvalue weighted by Crippen LogP contribution is -2.23. The first-order chi connectivity index (χ1) is 6.81. The molecule has 0 bridgehead atoms. The first kappa shape index (κ1) is 10.5. The zero-order valence-electron chi connectivity index (χ0n) is 9.97. The van der Waals surface area contributed by atoms with E-state index in [-0.39, 0.29) is 0 Å². The molecule has 2 unspecified atom stereocenters. The third-order valence-electron chi connectivity index (χ3n) is 4.91. The van der Waals surface area contributed by atoms with Crippen molar-refractivity contribution < 1.29 is 0 Å². The van der Waals surface area contributed by atoms with Crippen molar-refractivity contribution >= 4 is 0 Å². The van der Waals surface area contributed by atoms with Crippen LogP contribution in [0, 0.1) is 23.7 Å². The summed E-state index contributed by atoms with van der Waals surface area (Å²) in [6.45, 7) is 4.83. The van der Waals surface area contributed by atoms with Gasteiger partial charge in [0.05, 0.1) is 0 Å². The van der Waals surface area contributed by atoms with E-state index in [9.17, 15) is 0 Å². The number of hydrogen-bond donors (Lipinski definition) is 0. The summed E-state index contributed by atoms with van der Waals surface area (Å²) in [6.07, 6.45) is 12.2. The molecule has 0 saturated heterocycles. The second kappa shape index (κ2) is 4.68. The molecule has 0 aromatic rings. The lowest BCUT2D eigenvalue weighted by Gasteiger charge is -2.33. The third-order valence-corrected chi connectivity index (χ3v) is 4.91. The Morgan fingerprint density at radius 3 is 2.29 bits per heavy atom. The molecule has 2 saturated carbocycles. The summed E-state index contributed by atoms with van der Waals surface area (Å²) >= 11 is 0. The SMILES string of the molecule is CCC1CCCC1C1CCC(C)CC1. The van der Waals surface area contributed by atoms with E-state index in [2.05, 4.69) is 13.8 Å². The van der Waals surface area contributed by atoms with Crippen molar-refractivity contribution in [3.63, 3.8) is 0 Å². The molecule has 0 nitrogen and oxygen atoms in total. The fraction of sp³-hybridized carbons (Fsp3) is 1.00. The van der Waals surface area contributed by atoms with Gasteiger partial charge in [0.2, 0.25) is 0 Å². The van der Waals surface area contributed by atoms with E-state index in [0.717, 1.165) is 23.7 Å². The van der Waals surface area contributed by atoms with Crippen molar-refractivity contribution in [3.8, 4) is 0 Å². The highest BCUT2D eigenvalue weighted by molar-refractivity contribution is 4.84. The molecule has 0 radical (unpaired) electrons. The Kier molecular flexibility index (Phi) is 3.52. The van der Waals surface area contributed by atoms with E-state index < -0.39 is 0 Å². The molecule has 2 aliphatic rings. The molecule has 0 spiro atoms. The quantitative estimate of drug-likeness (QED) is 0.601. The minimum absolute atomic E-state index is 1.02. The number of hydrogen-bond acceptors (Lipinski definition) is 0. The maximum Gasteiger partial charge on any atom is -0.0358 e. The highest BCUT2D eigenvalue weighted by Gasteiger charge is 2.33. The molecule has 2 fully saturated rings. The summed E-state index contributed by atoms with van der Waals surface area (Å²) in [5, 5.41) is 0. The van der Waals surface area contributed by atoms with Crippen molar-refractivity contribution in [2.45, 2.75) is 65.2 Å². The van der Waals surface area contributed by atoms with Gasteiger partial charge in [0, 0.05) is 0 Å². The summed E-state index contributed by atoms with van der Waals surface area (Å²) in [4.78, 5) is 0. The van der Waals surface area contributed by atoms with Crippen LogP contribution in [0.3, 0.4) is 0 Å². The van der Waals surface area contributed by atoms with Gasteiger partial charge in [-0.2, -0.15) is 0 Å². The van der Waals surface area contributed by atoms with Gasteiger partial charge in [0.25, 0.3) is 0 Å². The predicted octanol–water partition coefficient (Wildman–Crippen LogP) is 4.64. The molecule has 0 aromatic heterocycles. The van der Waals surface area contributed by atoms with E-state index in [1.54, 1.807) is 19.3 Å². The van der Waals surface area contributed by atoms with E-state index >= 15 is 0 Å². The molecule has 0 aromatic carbocycles. The summed E-state index contributed by atoms with van der Waals surface area (Å²) in [5.41, 5.74) is 0. The maximum absolute atomic E-state index is 2.43. The molecule has 2 rings (SSSR count). The van der Waals surface area contributed by atoms with Gasteiger partial charge in [-0.15, -0.1) is 0 Å². The van der Waals surface area contributed by atoms with Gasteiger partial charge in [0.1, 0.15) is 0 Å². The molecule has 0 heteroatoms. The van der Waals surface area contributed by atoms with Crippen LogP contribution < -0.4 is 0 Å². The lowest BCUT2D eigenvalue weighted by molar-refractivity contribution is 0.174. The topological polar surface area (TPSA) is 0 Å². The van der Waals surface area contributed by atoms with Crippen LogP contribution in [-0.4, -0.2) is 0 Å². The molecule has 0 heterocycles. The second-order valence-corrected chi connectivity index (χ2v) is 5.78. The van der Waals surface area contributed by atoms with Gasteiger partial charge in [-0.25, -0.2) is 0 Å². The number of rotatable bonds is 2. The highest BCUT2D eigenvalue weighted by Crippen LogP contribution is 2.44. The Morgan fingerprint density at radius 1 is 0.929 bits per heavy atom. The second-order valence-electron chi connectivity index (χ2n) is 5.78. The minimum Gasteiger partial charge on any atom is -0.0651 e. The summed E-state index contributed by atoms with van der Waals surface area (Å²) in [6, 6.07) is 0. The molecule has 2 aliphatic carbocycles. The average molecular weight is 194 g/mol. The van der Waals surface area contributed by atoms with E-state index in [0.29, 0.717) is 0 Å². The van der Waals surface area contributed by atoms with E-state index in [1.807, 2.05) is 0 Å². The van der Waals surface area contributed by atoms with Gasteiger partial charge in [-0.3, -0.25) is 0 Å². The minimum atomic E-state index is 1.02. The Bertz CT molecular complexity index is 165. The normalized spacial score (nSPS) is 44.1. The molecule has 2 atom stereocenters. The largest absolute Gasteiger partial charge is 0.0651 e. The van der Waals surface area contributed by atoms with Crippen LogP contribution in [0.15, 0.2) is 0 Å². The standard InChI is InChI=1S/C14H26/c1-3-12-5-4-6-14(12)13-9-7-11(2)8-10-13/h11-14H,3-10H2,1-2H3. The molecule has 0 amide bonds. The van der Waals surface area contributed by atoms with E-state index in [4.69, 9.17) is 0 Å². The van der Waals surface area contributed by atoms with Crippen LogP contribution in [0.1, 0.15) is 65.2 Å². The average Bonchev–Trinajstić information content (AvgIpc) is 2.67. The monoisotopic (exact) mass is 194 g/mol. The molecular formula is C14H26. The summed E-state index contributed by atoms with van der Waals surface area (Å²) < 4.78 is 0. The van der Waals surface area contributed by atoms with Gasteiger partial charge in [-0.1, -0.05) is 46.0 Å². The van der Waals surface area contributed by atoms with Crippen LogP contribution in [0.4, 0.5) is 0 Å². The first-order valence-corrected chi connectivity index (χ1v) is 6.81. The summed E-state index contributed by atoms with van der Waals surface area (Å²) in [7, 11) is 0. The Hall–Kier alpha value is 0. The van der Waals surface area contributed by atoms with Gasteiger partial charge < -0.3 is 0 Å². The maximum atomic E-state index is 2.43. The fourth-order valence-electron chi connectivity index (χ4n) is 3.91. The molecule has 14 heavy (non-hydrogen) atoms. The molecule has 82 valence electrons. The van der Waals surface area contributed by atoms with Crippen LogP contribution in [0.5, 0.6) is 0 Å². The van der Waals surface area contributed by atoms with Crippen LogP contribution in [0.2, 0.25) is 0 Å². The predicted molar refractivity (Wildman–Crippen MR) is 62.2 cm³/mol. The van der Waals surface area contributed by atoms with Crippen molar-refractivity contribution in [2.75, 3.05) is 0 Å². The van der Waals surface area contributed by atoms with Crippen molar-refractivity contribution in [1.82, 2.24) is 0 Å². The van der Waals surface area contributed by atoms with Gasteiger partial charge >= 0.3 is 0 Å². The molecular weight excluding hydrogens is 168 g/mol. The smallest absolute Gasteiger partial charge is 0.0358 e. The Morgan fingerprint density at radius 2 is 1.64 bits per heavy atom. The van der Waals surface area contributed by atoms with Gasteiger partial charge in [-0.05, 0) is 42.9 Å². The van der Waals surface area contributed by atoms with Crippen molar-refractivity contribution in [2.24, 2.45) is 23.7 Å². The van der Waals surface area contributed by atoms with Crippen molar-refractivity contribution in [1.29, 1.82) is 0 Å². The van der Waals surface area contributed by atoms with Crippen LogP contribution in [-0.2, 0) is 0 Å². The van der Waals surface area contributed by atoms with Crippen LogP contribution >= 0.6 is 0 Å². The first-order valence-electron chi connectivity index (χ1n) is 6.81. The summed E-state index contributed by atoms with van der Waals surface area (Å²) in [5.74, 6) is 4.34. The third kappa shape index (κ3) is 2.15. The highest BCUT2D eigenvalue weighted by atomic mass is 14.4. The molecule has 0 aliphatic heterocycles. The Labute approximate surface area is 89.5 Å². The lowest BCUT2D eigenvalue weighted by atomic mass is 9.72. The molecule has 0 N–H and O–H groups in total.